The zero-order valence-corrected chi connectivity index (χ0v) is 15.1. The van der Waals surface area contributed by atoms with Crippen LogP contribution < -0.4 is 15.4 Å². The molecule has 2 N–H and O–H groups in total. The first-order valence-electron chi connectivity index (χ1n) is 8.16. The van der Waals surface area contributed by atoms with E-state index < -0.39 is 0 Å². The van der Waals surface area contributed by atoms with Gasteiger partial charge in [0.05, 0.1) is 7.11 Å². The number of methoxy groups -OCH3 is 1. The van der Waals surface area contributed by atoms with Gasteiger partial charge in [0.25, 0.3) is 0 Å². The topological polar surface area (TPSA) is 89.3 Å². The largest absolute Gasteiger partial charge is 0.497 e. The fourth-order valence-electron chi connectivity index (χ4n) is 2.77. The predicted octanol–water partition coefficient (Wildman–Crippen LogP) is 2.34. The Kier molecular flexibility index (Phi) is 6.78. The SMILES string of the molecule is COc1cccc(-c2noc(C(C)NC(=O)C3CCNCC3)n2)c1.Cl. The normalized spacial score (nSPS) is 15.9. The molecule has 0 aliphatic carbocycles. The highest BCUT2D eigenvalue weighted by atomic mass is 35.5. The number of rotatable bonds is 5. The Morgan fingerprint density at radius 3 is 2.88 bits per heavy atom. The number of nitrogens with zero attached hydrogens (tertiary/aromatic N) is 2. The molecule has 0 saturated carbocycles. The van der Waals surface area contributed by atoms with E-state index in [9.17, 15) is 4.79 Å². The van der Waals surface area contributed by atoms with Crippen LogP contribution in [0.15, 0.2) is 28.8 Å². The highest BCUT2D eigenvalue weighted by Gasteiger charge is 2.24. The fourth-order valence-corrected chi connectivity index (χ4v) is 2.77. The lowest BCUT2D eigenvalue weighted by Crippen LogP contribution is -2.39. The Bertz CT molecular complexity index is 701. The Balaban J connectivity index is 0.00000225. The number of aromatic nitrogens is 2. The number of nitrogens with one attached hydrogen (secondary N) is 2. The van der Waals surface area contributed by atoms with Gasteiger partial charge in [0.1, 0.15) is 11.8 Å². The Labute approximate surface area is 152 Å². The van der Waals surface area contributed by atoms with E-state index in [4.69, 9.17) is 9.26 Å². The molecule has 0 radical (unpaired) electrons. The van der Waals surface area contributed by atoms with E-state index in [0.717, 1.165) is 37.2 Å². The maximum absolute atomic E-state index is 12.3. The molecule has 7 nitrogen and oxygen atoms in total. The van der Waals surface area contributed by atoms with Crippen molar-refractivity contribution in [1.29, 1.82) is 0 Å². The first-order chi connectivity index (χ1) is 11.7. The summed E-state index contributed by atoms with van der Waals surface area (Å²) in [6.07, 6.45) is 1.72. The van der Waals surface area contributed by atoms with Gasteiger partial charge in [-0.1, -0.05) is 17.3 Å². The van der Waals surface area contributed by atoms with Gasteiger partial charge in [-0.3, -0.25) is 4.79 Å². The molecule has 1 aliphatic rings. The number of carbonyl (C=O) groups excluding carboxylic acids is 1. The van der Waals surface area contributed by atoms with E-state index in [1.165, 1.54) is 0 Å². The van der Waals surface area contributed by atoms with Crippen molar-refractivity contribution < 1.29 is 14.1 Å². The highest BCUT2D eigenvalue weighted by Crippen LogP contribution is 2.23. The average Bonchev–Trinajstić information content (AvgIpc) is 3.13. The maximum Gasteiger partial charge on any atom is 0.249 e. The van der Waals surface area contributed by atoms with Gasteiger partial charge >= 0.3 is 0 Å². The number of halogens is 1. The number of benzene rings is 1. The summed E-state index contributed by atoms with van der Waals surface area (Å²) < 4.78 is 10.5. The van der Waals surface area contributed by atoms with Crippen molar-refractivity contribution >= 4 is 18.3 Å². The van der Waals surface area contributed by atoms with Gasteiger partial charge in [0.15, 0.2) is 0 Å². The van der Waals surface area contributed by atoms with E-state index in [2.05, 4.69) is 20.8 Å². The quantitative estimate of drug-likeness (QED) is 0.844. The third-order valence-electron chi connectivity index (χ3n) is 4.21. The predicted molar refractivity (Wildman–Crippen MR) is 95.7 cm³/mol. The molecule has 2 heterocycles. The standard InChI is InChI=1S/C17H22N4O3.ClH/c1-11(19-16(22)12-6-8-18-9-7-12)17-20-15(21-24-17)13-4-3-5-14(10-13)23-2;/h3-5,10-12,18H,6-9H2,1-2H3,(H,19,22);1H. The second-order valence-corrected chi connectivity index (χ2v) is 5.94. The van der Waals surface area contributed by atoms with Crippen molar-refractivity contribution in [3.8, 4) is 17.1 Å². The second-order valence-electron chi connectivity index (χ2n) is 5.94. The number of amides is 1. The third-order valence-corrected chi connectivity index (χ3v) is 4.21. The molecule has 1 aromatic carbocycles. The van der Waals surface area contributed by atoms with Crippen molar-refractivity contribution in [2.24, 2.45) is 5.92 Å². The van der Waals surface area contributed by atoms with E-state index >= 15 is 0 Å². The Hall–Kier alpha value is -2.12. The van der Waals surface area contributed by atoms with Gasteiger partial charge in [0.2, 0.25) is 17.6 Å². The van der Waals surface area contributed by atoms with Crippen LogP contribution in [0.3, 0.4) is 0 Å². The minimum Gasteiger partial charge on any atom is -0.497 e. The smallest absolute Gasteiger partial charge is 0.249 e. The lowest BCUT2D eigenvalue weighted by atomic mass is 9.97. The number of hydrogen-bond acceptors (Lipinski definition) is 6. The molecular weight excluding hydrogens is 344 g/mol. The first kappa shape index (κ1) is 19.2. The number of ether oxygens (including phenoxy) is 1. The third kappa shape index (κ3) is 4.70. The molecule has 8 heteroatoms. The minimum absolute atomic E-state index is 0. The summed E-state index contributed by atoms with van der Waals surface area (Å²) in [4.78, 5) is 16.7. The van der Waals surface area contributed by atoms with Crippen LogP contribution in [0.2, 0.25) is 0 Å². The molecular formula is C17H23ClN4O3. The van der Waals surface area contributed by atoms with E-state index in [0.29, 0.717) is 11.7 Å². The highest BCUT2D eigenvalue weighted by molar-refractivity contribution is 5.85. The molecule has 0 bridgehead atoms. The van der Waals surface area contributed by atoms with E-state index in [1.54, 1.807) is 7.11 Å². The summed E-state index contributed by atoms with van der Waals surface area (Å²) in [5.41, 5.74) is 0.807. The zero-order valence-electron chi connectivity index (χ0n) is 14.3. The van der Waals surface area contributed by atoms with Gasteiger partial charge in [-0.05, 0) is 45.0 Å². The summed E-state index contributed by atoms with van der Waals surface area (Å²) in [5, 5.41) is 10.2. The second kappa shape index (κ2) is 8.82. The van der Waals surface area contributed by atoms with Crippen molar-refractivity contribution in [2.75, 3.05) is 20.2 Å². The lowest BCUT2D eigenvalue weighted by molar-refractivity contribution is -0.126. The van der Waals surface area contributed by atoms with Crippen LogP contribution >= 0.6 is 12.4 Å². The first-order valence-corrected chi connectivity index (χ1v) is 8.16. The molecule has 25 heavy (non-hydrogen) atoms. The molecule has 2 aromatic rings. The van der Waals surface area contributed by atoms with Gasteiger partial charge in [0, 0.05) is 11.5 Å². The summed E-state index contributed by atoms with van der Waals surface area (Å²) in [7, 11) is 1.61. The number of carbonyl (C=O) groups is 1. The summed E-state index contributed by atoms with van der Waals surface area (Å²) in [5.74, 6) is 1.70. The molecule has 1 aromatic heterocycles. The average molecular weight is 367 g/mol. The van der Waals surface area contributed by atoms with Gasteiger partial charge in [-0.15, -0.1) is 12.4 Å². The monoisotopic (exact) mass is 366 g/mol. The molecule has 0 spiro atoms. The summed E-state index contributed by atoms with van der Waals surface area (Å²) >= 11 is 0. The molecule has 136 valence electrons. The van der Waals surface area contributed by atoms with Gasteiger partial charge < -0.3 is 19.9 Å². The van der Waals surface area contributed by atoms with Crippen LogP contribution in [-0.4, -0.2) is 36.2 Å². The van der Waals surface area contributed by atoms with Crippen LogP contribution in [0.5, 0.6) is 5.75 Å². The molecule has 3 rings (SSSR count). The van der Waals surface area contributed by atoms with Crippen LogP contribution in [0.25, 0.3) is 11.4 Å². The van der Waals surface area contributed by atoms with Crippen LogP contribution in [0, 0.1) is 5.92 Å². The molecule has 1 saturated heterocycles. The molecule has 1 atom stereocenters. The zero-order chi connectivity index (χ0) is 16.9. The van der Waals surface area contributed by atoms with Crippen LogP contribution in [-0.2, 0) is 4.79 Å². The molecule has 1 unspecified atom stereocenters. The lowest BCUT2D eigenvalue weighted by Gasteiger charge is -2.22. The maximum atomic E-state index is 12.3. The Morgan fingerprint density at radius 2 is 2.16 bits per heavy atom. The van der Waals surface area contributed by atoms with Crippen molar-refractivity contribution in [2.45, 2.75) is 25.8 Å². The van der Waals surface area contributed by atoms with Crippen molar-refractivity contribution in [3.63, 3.8) is 0 Å². The Morgan fingerprint density at radius 1 is 1.40 bits per heavy atom. The molecule has 1 amide bonds. The summed E-state index contributed by atoms with van der Waals surface area (Å²) in [6, 6.07) is 7.13. The summed E-state index contributed by atoms with van der Waals surface area (Å²) in [6.45, 7) is 3.61. The van der Waals surface area contributed by atoms with Crippen molar-refractivity contribution in [3.05, 3.63) is 30.2 Å². The van der Waals surface area contributed by atoms with E-state index in [-0.39, 0.29) is 30.3 Å². The minimum atomic E-state index is -0.320. The van der Waals surface area contributed by atoms with Crippen molar-refractivity contribution in [1.82, 2.24) is 20.8 Å². The van der Waals surface area contributed by atoms with Gasteiger partial charge in [-0.25, -0.2) is 0 Å². The van der Waals surface area contributed by atoms with Crippen LogP contribution in [0.4, 0.5) is 0 Å². The number of piperidine rings is 1. The number of hydrogen-bond donors (Lipinski definition) is 2. The van der Waals surface area contributed by atoms with Crippen LogP contribution in [0.1, 0.15) is 31.7 Å². The van der Waals surface area contributed by atoms with E-state index in [1.807, 2.05) is 31.2 Å². The molecule has 1 fully saturated rings. The molecule has 1 aliphatic heterocycles. The van der Waals surface area contributed by atoms with Gasteiger partial charge in [-0.2, -0.15) is 4.98 Å². The fraction of sp³-hybridized carbons (Fsp3) is 0.471.